The highest BCUT2D eigenvalue weighted by Crippen LogP contribution is 2.16. The second kappa shape index (κ2) is 7.28. The number of unbranched alkanes of at least 4 members (excludes halogenated alkanes) is 1. The molecule has 2 nitrogen and oxygen atoms in total. The summed E-state index contributed by atoms with van der Waals surface area (Å²) in [5.74, 6) is 0.612. The van der Waals surface area contributed by atoms with E-state index >= 15 is 0 Å². The van der Waals surface area contributed by atoms with Crippen molar-refractivity contribution in [3.05, 3.63) is 35.6 Å². The van der Waals surface area contributed by atoms with Gasteiger partial charge in [0.25, 0.3) is 0 Å². The number of halogens is 1. The van der Waals surface area contributed by atoms with Gasteiger partial charge in [-0.2, -0.15) is 11.8 Å². The summed E-state index contributed by atoms with van der Waals surface area (Å²) >= 11 is 1.64. The van der Waals surface area contributed by atoms with Gasteiger partial charge in [-0.3, -0.25) is 4.79 Å². The smallest absolute Gasteiger partial charge is 0.303 e. The Bertz CT molecular complexity index is 342. The molecule has 1 rings (SSSR count). The number of carboxylic acid groups (broad SMARTS) is 1. The predicted octanol–water partition coefficient (Wildman–Crippen LogP) is 3.31. The number of thioether (sulfide) groups is 1. The molecule has 0 radical (unpaired) electrons. The normalized spacial score (nSPS) is 10.3. The first-order valence-electron chi connectivity index (χ1n) is 5.23. The van der Waals surface area contributed by atoms with Crippen molar-refractivity contribution in [2.45, 2.75) is 25.0 Å². The summed E-state index contributed by atoms with van der Waals surface area (Å²) in [6, 6.07) is 6.74. The maximum absolute atomic E-state index is 13.2. The van der Waals surface area contributed by atoms with Gasteiger partial charge in [-0.15, -0.1) is 0 Å². The fourth-order valence-electron chi connectivity index (χ4n) is 1.28. The van der Waals surface area contributed by atoms with Crippen LogP contribution in [0.1, 0.15) is 24.8 Å². The zero-order valence-corrected chi connectivity index (χ0v) is 9.80. The van der Waals surface area contributed by atoms with Crippen molar-refractivity contribution >= 4 is 17.7 Å². The topological polar surface area (TPSA) is 37.3 Å². The van der Waals surface area contributed by atoms with Gasteiger partial charge < -0.3 is 5.11 Å². The first-order chi connectivity index (χ1) is 7.70. The molecule has 0 unspecified atom stereocenters. The average molecular weight is 242 g/mol. The fraction of sp³-hybridized carbons (Fsp3) is 0.417. The van der Waals surface area contributed by atoms with Crippen molar-refractivity contribution in [2.75, 3.05) is 5.75 Å². The van der Waals surface area contributed by atoms with E-state index < -0.39 is 5.97 Å². The van der Waals surface area contributed by atoms with Crippen molar-refractivity contribution in [2.24, 2.45) is 0 Å². The molecule has 0 bridgehead atoms. The highest BCUT2D eigenvalue weighted by atomic mass is 32.2. The quantitative estimate of drug-likeness (QED) is 0.745. The van der Waals surface area contributed by atoms with Crippen LogP contribution in [0.2, 0.25) is 0 Å². The summed E-state index contributed by atoms with van der Waals surface area (Å²) in [5.41, 5.74) is 0.714. The highest BCUT2D eigenvalue weighted by Gasteiger charge is 2.01. The third-order valence-electron chi connectivity index (χ3n) is 2.14. The van der Waals surface area contributed by atoms with Gasteiger partial charge in [0.05, 0.1) is 0 Å². The van der Waals surface area contributed by atoms with Crippen LogP contribution >= 0.6 is 11.8 Å². The lowest BCUT2D eigenvalue weighted by Gasteiger charge is -2.02. The Morgan fingerprint density at radius 3 is 2.75 bits per heavy atom. The van der Waals surface area contributed by atoms with Crippen LogP contribution < -0.4 is 0 Å². The molecule has 0 atom stereocenters. The Morgan fingerprint density at radius 2 is 2.06 bits per heavy atom. The van der Waals surface area contributed by atoms with Gasteiger partial charge in [0.2, 0.25) is 0 Å². The zero-order valence-electron chi connectivity index (χ0n) is 8.99. The lowest BCUT2D eigenvalue weighted by molar-refractivity contribution is -0.137. The molecule has 1 aromatic carbocycles. The monoisotopic (exact) mass is 242 g/mol. The molecule has 0 saturated heterocycles. The molecular formula is C12H15FO2S. The van der Waals surface area contributed by atoms with E-state index in [1.165, 1.54) is 6.07 Å². The molecule has 0 aromatic heterocycles. The lowest BCUT2D eigenvalue weighted by Crippen LogP contribution is -1.94. The van der Waals surface area contributed by atoms with Crippen LogP contribution in [0.4, 0.5) is 4.39 Å². The Balaban J connectivity index is 2.12. The van der Waals surface area contributed by atoms with Crippen LogP contribution in [0.25, 0.3) is 0 Å². The van der Waals surface area contributed by atoms with Gasteiger partial charge in [0, 0.05) is 12.2 Å². The molecule has 16 heavy (non-hydrogen) atoms. The number of rotatable bonds is 7. The van der Waals surface area contributed by atoms with Gasteiger partial charge in [0.1, 0.15) is 5.82 Å². The third-order valence-corrected chi connectivity index (χ3v) is 3.24. The largest absolute Gasteiger partial charge is 0.481 e. The summed E-state index contributed by atoms with van der Waals surface area (Å²) in [6.45, 7) is 0. The summed E-state index contributed by atoms with van der Waals surface area (Å²) in [6.07, 6.45) is 1.78. The van der Waals surface area contributed by atoms with E-state index in [2.05, 4.69) is 0 Å². The molecule has 0 fully saturated rings. The molecule has 0 saturated carbocycles. The van der Waals surface area contributed by atoms with Gasteiger partial charge in [-0.25, -0.2) is 4.39 Å². The maximum Gasteiger partial charge on any atom is 0.303 e. The van der Waals surface area contributed by atoms with Gasteiger partial charge in [0.15, 0.2) is 0 Å². The van der Waals surface area contributed by atoms with Gasteiger partial charge in [-0.1, -0.05) is 18.2 Å². The summed E-state index contributed by atoms with van der Waals surface area (Å²) in [5, 5.41) is 8.43. The minimum absolute atomic E-state index is 0.166. The molecule has 0 spiro atoms. The summed E-state index contributed by atoms with van der Waals surface area (Å²) in [7, 11) is 0. The lowest BCUT2D eigenvalue weighted by atomic mass is 10.2. The maximum atomic E-state index is 13.2. The fourth-order valence-corrected chi connectivity index (χ4v) is 2.28. The SMILES string of the molecule is O=C(O)CCCCSCc1ccccc1F. The van der Waals surface area contributed by atoms with Crippen LogP contribution in [-0.2, 0) is 10.5 Å². The Hall–Kier alpha value is -1.03. The molecule has 4 heteroatoms. The van der Waals surface area contributed by atoms with Crippen molar-refractivity contribution in [1.82, 2.24) is 0 Å². The number of benzene rings is 1. The molecule has 88 valence electrons. The molecule has 0 aliphatic heterocycles. The van der Waals surface area contributed by atoms with Crippen LogP contribution in [0.5, 0.6) is 0 Å². The summed E-state index contributed by atoms with van der Waals surface area (Å²) in [4.78, 5) is 10.2. The molecule has 0 aliphatic carbocycles. The number of hydrogen-bond acceptors (Lipinski definition) is 2. The van der Waals surface area contributed by atoms with Crippen LogP contribution in [0.3, 0.4) is 0 Å². The number of carbonyl (C=O) groups is 1. The van der Waals surface area contributed by atoms with Crippen LogP contribution in [0.15, 0.2) is 24.3 Å². The van der Waals surface area contributed by atoms with Crippen molar-refractivity contribution in [3.63, 3.8) is 0 Å². The van der Waals surface area contributed by atoms with E-state index in [0.29, 0.717) is 17.7 Å². The Labute approximate surface area is 98.9 Å². The average Bonchev–Trinajstić information content (AvgIpc) is 2.25. The van der Waals surface area contributed by atoms with E-state index in [1.807, 2.05) is 6.07 Å². The molecular weight excluding hydrogens is 227 g/mol. The van der Waals surface area contributed by atoms with E-state index in [4.69, 9.17) is 5.11 Å². The molecule has 1 aromatic rings. The highest BCUT2D eigenvalue weighted by molar-refractivity contribution is 7.98. The number of hydrogen-bond donors (Lipinski definition) is 1. The number of carboxylic acids is 1. The van der Waals surface area contributed by atoms with Crippen molar-refractivity contribution < 1.29 is 14.3 Å². The van der Waals surface area contributed by atoms with E-state index in [1.54, 1.807) is 23.9 Å². The molecule has 0 amide bonds. The molecule has 1 N–H and O–H groups in total. The Kier molecular flexibility index (Phi) is 5.93. The molecule has 0 heterocycles. The van der Waals surface area contributed by atoms with Gasteiger partial charge in [-0.05, 0) is 30.2 Å². The first-order valence-corrected chi connectivity index (χ1v) is 6.38. The standard InChI is InChI=1S/C12H15FO2S/c13-11-6-2-1-5-10(11)9-16-8-4-3-7-12(14)15/h1-2,5-6H,3-4,7-9H2,(H,14,15). The second-order valence-corrected chi connectivity index (χ2v) is 4.60. The predicted molar refractivity (Wildman–Crippen MR) is 64.0 cm³/mol. The van der Waals surface area contributed by atoms with E-state index in [9.17, 15) is 9.18 Å². The first kappa shape index (κ1) is 13.0. The second-order valence-electron chi connectivity index (χ2n) is 3.49. The minimum atomic E-state index is -0.751. The van der Waals surface area contributed by atoms with Crippen LogP contribution in [0, 0.1) is 5.82 Å². The zero-order chi connectivity index (χ0) is 11.8. The van der Waals surface area contributed by atoms with E-state index in [0.717, 1.165) is 12.2 Å². The van der Waals surface area contributed by atoms with E-state index in [-0.39, 0.29) is 12.2 Å². The minimum Gasteiger partial charge on any atom is -0.481 e. The third kappa shape index (κ3) is 5.16. The van der Waals surface area contributed by atoms with Crippen molar-refractivity contribution in [3.8, 4) is 0 Å². The van der Waals surface area contributed by atoms with Gasteiger partial charge >= 0.3 is 5.97 Å². The molecule has 0 aliphatic rings. The van der Waals surface area contributed by atoms with Crippen LogP contribution in [-0.4, -0.2) is 16.8 Å². The summed E-state index contributed by atoms with van der Waals surface area (Å²) < 4.78 is 13.2. The van der Waals surface area contributed by atoms with Crippen molar-refractivity contribution in [1.29, 1.82) is 0 Å². The Morgan fingerprint density at radius 1 is 1.31 bits per heavy atom. The number of aliphatic carboxylic acids is 1.